The van der Waals surface area contributed by atoms with Gasteiger partial charge in [-0.25, -0.2) is 8.42 Å². The number of hydrogen-bond donors (Lipinski definition) is 2. The van der Waals surface area contributed by atoms with E-state index < -0.39 is 21.5 Å². The largest absolute Gasteiger partial charge is 0.481 e. The van der Waals surface area contributed by atoms with E-state index in [0.29, 0.717) is 18.4 Å². The highest BCUT2D eigenvalue weighted by atomic mass is 32.2. The molecule has 3 rings (SSSR count). The summed E-state index contributed by atoms with van der Waals surface area (Å²) in [5.74, 6) is -1.10. The number of carbonyl (C=O) groups is 2. The Balaban J connectivity index is 1.74. The minimum Gasteiger partial charge on any atom is -0.481 e. The van der Waals surface area contributed by atoms with Crippen molar-refractivity contribution >= 4 is 27.7 Å². The molecule has 1 fully saturated rings. The van der Waals surface area contributed by atoms with Crippen LogP contribution in [0.15, 0.2) is 28.3 Å². The Bertz CT molecular complexity index is 746. The molecule has 0 aromatic carbocycles. The lowest BCUT2D eigenvalue weighted by Crippen LogP contribution is -2.55. The fraction of sp³-hybridized carbons (Fsp3) is 0.500. The summed E-state index contributed by atoms with van der Waals surface area (Å²) in [4.78, 5) is 24.9. The van der Waals surface area contributed by atoms with Gasteiger partial charge >= 0.3 is 5.97 Å². The van der Waals surface area contributed by atoms with Crippen LogP contribution in [0.5, 0.6) is 0 Å². The second-order valence-electron chi connectivity index (χ2n) is 6.01. The molecule has 0 radical (unpaired) electrons. The first-order chi connectivity index (χ1) is 10.8. The van der Waals surface area contributed by atoms with Crippen LogP contribution >= 0.6 is 0 Å². The summed E-state index contributed by atoms with van der Waals surface area (Å²) in [6.45, 7) is 0.239. The van der Waals surface area contributed by atoms with Crippen molar-refractivity contribution in [2.45, 2.75) is 31.2 Å². The third kappa shape index (κ3) is 3.29. The fourth-order valence-electron chi connectivity index (χ4n) is 2.89. The molecule has 0 unspecified atom stereocenters. The molecule has 1 saturated carbocycles. The lowest BCUT2D eigenvalue weighted by atomic mass is 9.74. The van der Waals surface area contributed by atoms with Gasteiger partial charge in [0.15, 0.2) is 0 Å². The highest BCUT2D eigenvalue weighted by Gasteiger charge is 2.41. The Kier molecular flexibility index (Phi) is 3.75. The Hall–Kier alpha value is -2.16. The van der Waals surface area contributed by atoms with E-state index in [1.165, 1.54) is 12.2 Å². The van der Waals surface area contributed by atoms with E-state index in [2.05, 4.69) is 9.71 Å². The number of carbonyl (C=O) groups excluding carboxylic acids is 1. The minimum atomic E-state index is -3.43. The zero-order chi connectivity index (χ0) is 16.7. The highest BCUT2D eigenvalue weighted by molar-refractivity contribution is 7.90. The Morgan fingerprint density at radius 3 is 2.70 bits per heavy atom. The van der Waals surface area contributed by atoms with Gasteiger partial charge in [-0.1, -0.05) is 0 Å². The van der Waals surface area contributed by atoms with Crippen molar-refractivity contribution in [2.24, 2.45) is 4.40 Å². The van der Waals surface area contributed by atoms with Crippen LogP contribution in [0.2, 0.25) is 0 Å². The zero-order valence-corrected chi connectivity index (χ0v) is 13.2. The van der Waals surface area contributed by atoms with Crippen LogP contribution in [0.1, 0.15) is 25.7 Å². The summed E-state index contributed by atoms with van der Waals surface area (Å²) < 4.78 is 26.6. The molecule has 9 heteroatoms. The van der Waals surface area contributed by atoms with Crippen molar-refractivity contribution < 1.29 is 23.1 Å². The van der Waals surface area contributed by atoms with Crippen molar-refractivity contribution in [1.82, 2.24) is 10.2 Å². The van der Waals surface area contributed by atoms with Gasteiger partial charge in [0, 0.05) is 12.7 Å². The van der Waals surface area contributed by atoms with Crippen LogP contribution in [0.3, 0.4) is 0 Å². The number of amidine groups is 1. The molecule has 0 spiro atoms. The number of nitrogens with zero attached hydrogens (tertiary/aromatic N) is 2. The molecular weight excluding hydrogens is 322 g/mol. The first-order valence-corrected chi connectivity index (χ1v) is 8.93. The number of fused-ring (bicyclic) bond motifs is 1. The lowest BCUT2D eigenvalue weighted by molar-refractivity contribution is -0.140. The number of sulfonamides is 1. The number of rotatable bonds is 4. The van der Waals surface area contributed by atoms with Gasteiger partial charge in [0.2, 0.25) is 0 Å². The normalized spacial score (nSPS) is 23.9. The fourth-order valence-corrected chi connectivity index (χ4v) is 3.86. The van der Waals surface area contributed by atoms with Crippen molar-refractivity contribution in [3.05, 3.63) is 23.9 Å². The van der Waals surface area contributed by atoms with Gasteiger partial charge in [-0.05, 0) is 31.4 Å². The highest BCUT2D eigenvalue weighted by Crippen LogP contribution is 2.35. The molecule has 0 aromatic heterocycles. The van der Waals surface area contributed by atoms with Crippen molar-refractivity contribution in [1.29, 1.82) is 0 Å². The van der Waals surface area contributed by atoms with E-state index in [1.54, 1.807) is 11.1 Å². The van der Waals surface area contributed by atoms with Gasteiger partial charge in [-0.3, -0.25) is 9.59 Å². The molecule has 0 saturated heterocycles. The van der Waals surface area contributed by atoms with Gasteiger partial charge < -0.3 is 15.3 Å². The third-order valence-electron chi connectivity index (χ3n) is 4.27. The summed E-state index contributed by atoms with van der Waals surface area (Å²) in [7, 11) is -3.43. The summed E-state index contributed by atoms with van der Waals surface area (Å²) in [6.07, 6.45) is 6.63. The molecule has 2 aliphatic heterocycles. The molecule has 0 aromatic rings. The molecule has 2 heterocycles. The monoisotopic (exact) mass is 339 g/mol. The third-order valence-corrected chi connectivity index (χ3v) is 5.43. The van der Waals surface area contributed by atoms with Gasteiger partial charge in [-0.2, -0.15) is 0 Å². The summed E-state index contributed by atoms with van der Waals surface area (Å²) in [6, 6.07) is 0. The molecule has 23 heavy (non-hydrogen) atoms. The minimum absolute atomic E-state index is 0.0929. The molecule has 0 bridgehead atoms. The van der Waals surface area contributed by atoms with Crippen LogP contribution in [0.4, 0.5) is 0 Å². The van der Waals surface area contributed by atoms with Gasteiger partial charge in [0.25, 0.3) is 15.9 Å². The maximum atomic E-state index is 12.4. The molecule has 0 atom stereocenters. The molecule has 1 aliphatic carbocycles. The Labute approximate surface area is 133 Å². The van der Waals surface area contributed by atoms with E-state index in [9.17, 15) is 18.0 Å². The topological polar surface area (TPSA) is 116 Å². The first kappa shape index (κ1) is 15.7. The van der Waals surface area contributed by atoms with Crippen LogP contribution < -0.4 is 5.32 Å². The summed E-state index contributed by atoms with van der Waals surface area (Å²) >= 11 is 0. The molecule has 8 nitrogen and oxygen atoms in total. The maximum absolute atomic E-state index is 12.4. The number of amides is 1. The maximum Gasteiger partial charge on any atom is 0.305 e. The number of aliphatic carboxylic acids is 1. The summed E-state index contributed by atoms with van der Waals surface area (Å²) in [5, 5.41) is 11.8. The SMILES string of the molecule is O=C(O)CC1(NC(=O)C2=CN3CCS(=O)(=O)N=C3C=C2)CCC1. The molecule has 124 valence electrons. The number of carboxylic acids is 1. The van der Waals surface area contributed by atoms with Crippen LogP contribution in [0, 0.1) is 0 Å². The quantitative estimate of drug-likeness (QED) is 0.744. The molecule has 3 aliphatic rings. The van der Waals surface area contributed by atoms with E-state index in [4.69, 9.17) is 5.11 Å². The second kappa shape index (κ2) is 5.48. The van der Waals surface area contributed by atoms with Crippen LogP contribution in [-0.4, -0.2) is 54.0 Å². The predicted octanol–water partition coefficient (Wildman–Crippen LogP) is -0.00240. The number of carboxylic acid groups (broad SMARTS) is 1. The van der Waals surface area contributed by atoms with E-state index in [-0.39, 0.29) is 30.5 Å². The van der Waals surface area contributed by atoms with Gasteiger partial charge in [-0.15, -0.1) is 4.40 Å². The van der Waals surface area contributed by atoms with E-state index in [0.717, 1.165) is 6.42 Å². The van der Waals surface area contributed by atoms with Gasteiger partial charge in [0.1, 0.15) is 5.84 Å². The number of nitrogens with one attached hydrogen (secondary N) is 1. The first-order valence-electron chi connectivity index (χ1n) is 7.32. The van der Waals surface area contributed by atoms with E-state index in [1.807, 2.05) is 0 Å². The molecular formula is C14H17N3O5S. The van der Waals surface area contributed by atoms with E-state index >= 15 is 0 Å². The summed E-state index contributed by atoms with van der Waals surface area (Å²) in [5.41, 5.74) is -0.308. The Morgan fingerprint density at radius 1 is 1.35 bits per heavy atom. The van der Waals surface area contributed by atoms with Crippen LogP contribution in [-0.2, 0) is 19.6 Å². The lowest BCUT2D eigenvalue weighted by Gasteiger charge is -2.41. The number of hydrogen-bond acceptors (Lipinski definition) is 5. The van der Waals surface area contributed by atoms with Crippen molar-refractivity contribution in [2.75, 3.05) is 12.3 Å². The smallest absolute Gasteiger partial charge is 0.305 e. The zero-order valence-electron chi connectivity index (χ0n) is 12.4. The molecule has 1 amide bonds. The van der Waals surface area contributed by atoms with Gasteiger partial charge in [0.05, 0.1) is 23.3 Å². The molecule has 2 N–H and O–H groups in total. The predicted molar refractivity (Wildman–Crippen MR) is 82.1 cm³/mol. The Morgan fingerprint density at radius 2 is 2.09 bits per heavy atom. The average Bonchev–Trinajstić information content (AvgIpc) is 2.42. The average molecular weight is 339 g/mol. The van der Waals surface area contributed by atoms with Crippen LogP contribution in [0.25, 0.3) is 0 Å². The van der Waals surface area contributed by atoms with Crippen molar-refractivity contribution in [3.8, 4) is 0 Å². The standard InChI is InChI=1S/C14H17N3O5S/c18-12(19)8-14(4-1-5-14)15-13(20)10-2-3-11-16-23(21,22)7-6-17(11)9-10/h2-3,9H,1,4-8H2,(H,15,20)(H,18,19). The second-order valence-corrected chi connectivity index (χ2v) is 7.76. The van der Waals surface area contributed by atoms with Crippen molar-refractivity contribution in [3.63, 3.8) is 0 Å².